The monoisotopic (exact) mass is 369 g/mol. The van der Waals surface area contributed by atoms with Crippen LogP contribution in [-0.2, 0) is 4.79 Å². The van der Waals surface area contributed by atoms with Crippen molar-refractivity contribution in [2.24, 2.45) is 11.8 Å². The molecule has 0 spiro atoms. The fourth-order valence-electron chi connectivity index (χ4n) is 4.73. The highest BCUT2D eigenvalue weighted by atomic mass is 19.1. The predicted molar refractivity (Wildman–Crippen MR) is 106 cm³/mol. The third kappa shape index (κ3) is 4.69. The summed E-state index contributed by atoms with van der Waals surface area (Å²) in [5.41, 5.74) is -0.0110. The molecule has 2 aliphatic rings. The topological polar surface area (TPSA) is 40.1 Å². The number of allylic oxidation sites excluding steroid dienone is 2. The number of carboxylic acids is 1. The van der Waals surface area contributed by atoms with E-state index in [1.54, 1.807) is 0 Å². The van der Waals surface area contributed by atoms with E-state index in [-0.39, 0.29) is 17.9 Å². The van der Waals surface area contributed by atoms with E-state index >= 15 is 4.39 Å². The first kappa shape index (κ1) is 19.9. The van der Waals surface area contributed by atoms with Crippen molar-refractivity contribution in [3.63, 3.8) is 0 Å². The van der Waals surface area contributed by atoms with Crippen molar-refractivity contribution >= 4 is 11.5 Å². The number of carbonyl (C=O) groups is 1. The Balaban J connectivity index is 1.71. The van der Waals surface area contributed by atoms with Crippen molar-refractivity contribution in [2.45, 2.75) is 70.4 Å². The Labute approximate surface area is 162 Å². The first-order valence-corrected chi connectivity index (χ1v) is 10.4. The van der Waals surface area contributed by atoms with Crippen molar-refractivity contribution < 1.29 is 14.3 Å². The molecular weight excluding hydrogens is 339 g/mol. The second-order valence-electron chi connectivity index (χ2n) is 8.20. The maximum absolute atomic E-state index is 15.9. The molecule has 0 aliphatic heterocycles. The molecular formula is C24H30FO2-. The highest BCUT2D eigenvalue weighted by Crippen LogP contribution is 2.46. The van der Waals surface area contributed by atoms with Crippen LogP contribution in [0.5, 0.6) is 0 Å². The molecule has 1 atom stereocenters. The number of unbranched alkanes of at least 4 members (excludes halogenated alkanes) is 2. The van der Waals surface area contributed by atoms with Crippen LogP contribution in [0.25, 0.3) is 5.57 Å². The molecule has 2 aliphatic carbocycles. The third-order valence-corrected chi connectivity index (χ3v) is 6.38. The molecule has 146 valence electrons. The summed E-state index contributed by atoms with van der Waals surface area (Å²) >= 11 is 0. The van der Waals surface area contributed by atoms with Crippen molar-refractivity contribution in [1.29, 1.82) is 0 Å². The standard InChI is InChI=1S/C24H31FO2/c1-2-3-5-8-18-11-13-20(14-12-18)24(25)16-15-21(23(26)27)22(17-24)19-9-6-4-7-10-19/h4,6-7,9-10,15-16,18,20H,2-3,5,8,11-14,17H2,1H3,(H,26,27)/p-1. The van der Waals surface area contributed by atoms with Gasteiger partial charge in [-0.15, -0.1) is 0 Å². The summed E-state index contributed by atoms with van der Waals surface area (Å²) in [7, 11) is 0. The van der Waals surface area contributed by atoms with Crippen LogP contribution >= 0.6 is 0 Å². The van der Waals surface area contributed by atoms with Crippen LogP contribution in [0, 0.1) is 11.8 Å². The zero-order chi connectivity index (χ0) is 19.3. The summed E-state index contributed by atoms with van der Waals surface area (Å²) in [5, 5.41) is 11.6. The fraction of sp³-hybridized carbons (Fsp3) is 0.542. The highest BCUT2D eigenvalue weighted by molar-refractivity contribution is 5.99. The van der Waals surface area contributed by atoms with Gasteiger partial charge < -0.3 is 9.90 Å². The predicted octanol–water partition coefficient (Wildman–Crippen LogP) is 5.25. The molecule has 1 aromatic rings. The lowest BCUT2D eigenvalue weighted by atomic mass is 9.69. The number of carbonyl (C=O) groups excluding carboxylic acids is 1. The average Bonchev–Trinajstić information content (AvgIpc) is 2.69. The van der Waals surface area contributed by atoms with E-state index in [1.807, 2.05) is 30.3 Å². The molecule has 1 aromatic carbocycles. The zero-order valence-electron chi connectivity index (χ0n) is 16.3. The minimum atomic E-state index is -1.46. The average molecular weight is 370 g/mol. The molecule has 0 bridgehead atoms. The van der Waals surface area contributed by atoms with Gasteiger partial charge in [-0.05, 0) is 41.9 Å². The Kier molecular flexibility index (Phi) is 6.51. The highest BCUT2D eigenvalue weighted by Gasteiger charge is 2.41. The van der Waals surface area contributed by atoms with E-state index < -0.39 is 11.6 Å². The Morgan fingerprint density at radius 3 is 2.48 bits per heavy atom. The number of carboxylic acid groups (broad SMARTS) is 1. The molecule has 27 heavy (non-hydrogen) atoms. The third-order valence-electron chi connectivity index (χ3n) is 6.38. The lowest BCUT2D eigenvalue weighted by Crippen LogP contribution is -2.37. The molecule has 0 saturated heterocycles. The number of hydrogen-bond acceptors (Lipinski definition) is 2. The molecule has 3 heteroatoms. The quantitative estimate of drug-likeness (QED) is 0.616. The first-order valence-electron chi connectivity index (χ1n) is 10.4. The Bertz CT molecular complexity index is 698. The summed E-state index contributed by atoms with van der Waals surface area (Å²) < 4.78 is 15.9. The molecule has 2 nitrogen and oxygen atoms in total. The molecule has 0 N–H and O–H groups in total. The van der Waals surface area contributed by atoms with Gasteiger partial charge in [0, 0.05) is 12.0 Å². The molecule has 3 rings (SSSR count). The Morgan fingerprint density at radius 1 is 1.15 bits per heavy atom. The summed E-state index contributed by atoms with van der Waals surface area (Å²) in [4.78, 5) is 11.6. The molecule has 0 heterocycles. The van der Waals surface area contributed by atoms with E-state index in [1.165, 1.54) is 37.8 Å². The van der Waals surface area contributed by atoms with Gasteiger partial charge in [-0.3, -0.25) is 0 Å². The van der Waals surface area contributed by atoms with Crippen molar-refractivity contribution in [3.05, 3.63) is 53.6 Å². The van der Waals surface area contributed by atoms with Crippen molar-refractivity contribution in [3.8, 4) is 0 Å². The largest absolute Gasteiger partial charge is 0.545 e. The van der Waals surface area contributed by atoms with Gasteiger partial charge in [-0.2, -0.15) is 0 Å². The fourth-order valence-corrected chi connectivity index (χ4v) is 4.73. The van der Waals surface area contributed by atoms with Crippen LogP contribution in [0.15, 0.2) is 48.1 Å². The number of rotatable bonds is 7. The second-order valence-corrected chi connectivity index (χ2v) is 8.20. The summed E-state index contributed by atoms with van der Waals surface area (Å²) in [6.45, 7) is 2.22. The molecule has 1 saturated carbocycles. The van der Waals surface area contributed by atoms with E-state index in [0.717, 1.165) is 37.2 Å². The Hall–Kier alpha value is -1.90. The van der Waals surface area contributed by atoms with Crippen LogP contribution in [-0.4, -0.2) is 11.6 Å². The number of alkyl halides is 1. The first-order chi connectivity index (χ1) is 13.0. The van der Waals surface area contributed by atoms with Crippen LogP contribution < -0.4 is 5.11 Å². The minimum Gasteiger partial charge on any atom is -0.545 e. The number of benzene rings is 1. The maximum Gasteiger partial charge on any atom is 0.136 e. The van der Waals surface area contributed by atoms with Gasteiger partial charge in [0.1, 0.15) is 5.67 Å². The molecule has 1 unspecified atom stereocenters. The van der Waals surface area contributed by atoms with Crippen LogP contribution in [0.2, 0.25) is 0 Å². The van der Waals surface area contributed by atoms with Gasteiger partial charge in [-0.1, -0.05) is 81.9 Å². The summed E-state index contributed by atoms with van der Waals surface area (Å²) in [6.07, 6.45) is 12.1. The van der Waals surface area contributed by atoms with E-state index in [4.69, 9.17) is 0 Å². The van der Waals surface area contributed by atoms with Gasteiger partial charge in [0.25, 0.3) is 0 Å². The van der Waals surface area contributed by atoms with Gasteiger partial charge in [0.15, 0.2) is 0 Å². The zero-order valence-corrected chi connectivity index (χ0v) is 16.3. The maximum atomic E-state index is 15.9. The lowest BCUT2D eigenvalue weighted by molar-refractivity contribution is -0.298. The number of hydrogen-bond donors (Lipinski definition) is 0. The SMILES string of the molecule is CCCCCC1CCC(C2(F)C=CC(C(=O)[O-])=C(c3ccccc3)C2)CC1. The van der Waals surface area contributed by atoms with Crippen molar-refractivity contribution in [1.82, 2.24) is 0 Å². The van der Waals surface area contributed by atoms with Crippen LogP contribution in [0.4, 0.5) is 4.39 Å². The van der Waals surface area contributed by atoms with E-state index in [0.29, 0.717) is 5.57 Å². The minimum absolute atomic E-state index is 0.0295. The van der Waals surface area contributed by atoms with Crippen LogP contribution in [0.1, 0.15) is 70.3 Å². The number of halogens is 1. The van der Waals surface area contributed by atoms with Gasteiger partial charge in [-0.25, -0.2) is 4.39 Å². The molecule has 0 aromatic heterocycles. The normalized spacial score (nSPS) is 28.4. The van der Waals surface area contributed by atoms with E-state index in [2.05, 4.69) is 6.92 Å². The van der Waals surface area contributed by atoms with Gasteiger partial charge >= 0.3 is 0 Å². The van der Waals surface area contributed by atoms with Crippen molar-refractivity contribution in [2.75, 3.05) is 0 Å². The molecule has 1 fully saturated rings. The van der Waals surface area contributed by atoms with Crippen LogP contribution in [0.3, 0.4) is 0 Å². The second kappa shape index (κ2) is 8.86. The number of aliphatic carboxylic acids is 1. The van der Waals surface area contributed by atoms with Gasteiger partial charge in [0.2, 0.25) is 0 Å². The van der Waals surface area contributed by atoms with Gasteiger partial charge in [0.05, 0.1) is 5.97 Å². The molecule has 0 amide bonds. The van der Waals surface area contributed by atoms with E-state index in [9.17, 15) is 9.90 Å². The summed E-state index contributed by atoms with van der Waals surface area (Å²) in [5.74, 6) is -0.531. The smallest absolute Gasteiger partial charge is 0.136 e. The molecule has 0 radical (unpaired) electrons. The summed E-state index contributed by atoms with van der Waals surface area (Å²) in [6, 6.07) is 9.29. The Morgan fingerprint density at radius 2 is 1.85 bits per heavy atom. The lowest BCUT2D eigenvalue weighted by Gasteiger charge is -2.39.